The maximum atomic E-state index is 12.4. The molecule has 0 N–H and O–H groups in total. The lowest BCUT2D eigenvalue weighted by molar-refractivity contribution is 0.134. The summed E-state index contributed by atoms with van der Waals surface area (Å²) in [6.07, 6.45) is 2.91. The van der Waals surface area contributed by atoms with E-state index in [0.29, 0.717) is 31.5 Å². The molecule has 0 radical (unpaired) electrons. The Kier molecular flexibility index (Phi) is 4.32. The van der Waals surface area contributed by atoms with E-state index in [2.05, 4.69) is 9.97 Å². The number of benzene rings is 1. The van der Waals surface area contributed by atoms with Gasteiger partial charge in [-0.1, -0.05) is 18.2 Å². The van der Waals surface area contributed by atoms with Gasteiger partial charge in [-0.3, -0.25) is 0 Å². The summed E-state index contributed by atoms with van der Waals surface area (Å²) in [7, 11) is -3.34. The molecule has 0 unspecified atom stereocenters. The van der Waals surface area contributed by atoms with Crippen molar-refractivity contribution in [2.45, 2.75) is 13.0 Å². The highest BCUT2D eigenvalue weighted by molar-refractivity contribution is 7.88. The van der Waals surface area contributed by atoms with E-state index in [1.54, 1.807) is 23.5 Å². The molecule has 0 saturated carbocycles. The predicted molar refractivity (Wildman–Crippen MR) is 95.5 cm³/mol. The van der Waals surface area contributed by atoms with Crippen LogP contribution in [0.1, 0.15) is 17.4 Å². The van der Waals surface area contributed by atoms with Crippen LogP contribution in [0.2, 0.25) is 0 Å². The predicted octanol–water partition coefficient (Wildman–Crippen LogP) is 1.81. The van der Waals surface area contributed by atoms with E-state index in [0.717, 1.165) is 11.3 Å². The lowest BCUT2D eigenvalue weighted by Gasteiger charge is -2.33. The van der Waals surface area contributed by atoms with Gasteiger partial charge in [-0.05, 0) is 13.0 Å². The molecule has 0 amide bonds. The van der Waals surface area contributed by atoms with Crippen LogP contribution >= 0.6 is 0 Å². The Morgan fingerprint density at radius 2 is 2.12 bits per heavy atom. The molecule has 1 fully saturated rings. The van der Waals surface area contributed by atoms with Crippen molar-refractivity contribution in [2.75, 3.05) is 26.0 Å². The third-order valence-corrected chi connectivity index (χ3v) is 6.25. The average molecular weight is 375 g/mol. The fraction of sp³-hybridized carbons (Fsp3) is 0.444. The van der Waals surface area contributed by atoms with Gasteiger partial charge in [0, 0.05) is 36.2 Å². The van der Waals surface area contributed by atoms with Crippen molar-refractivity contribution in [1.82, 2.24) is 14.3 Å². The average Bonchev–Trinajstić information content (AvgIpc) is 2.99. The van der Waals surface area contributed by atoms with Gasteiger partial charge in [0.1, 0.15) is 11.6 Å². The van der Waals surface area contributed by atoms with E-state index in [9.17, 15) is 8.42 Å². The molecule has 0 bridgehead atoms. The molecule has 2 aromatic rings. The van der Waals surface area contributed by atoms with Crippen LogP contribution in [-0.2, 0) is 10.0 Å². The topological polar surface area (TPSA) is 81.6 Å². The van der Waals surface area contributed by atoms with E-state index in [1.807, 2.05) is 24.3 Å². The van der Waals surface area contributed by atoms with Crippen LogP contribution < -0.4 is 9.47 Å². The Labute approximate surface area is 153 Å². The van der Waals surface area contributed by atoms with Crippen LogP contribution in [0, 0.1) is 18.8 Å². The van der Waals surface area contributed by atoms with Crippen LogP contribution in [0.4, 0.5) is 0 Å². The summed E-state index contributed by atoms with van der Waals surface area (Å²) in [4.78, 5) is 8.30. The zero-order valence-corrected chi connectivity index (χ0v) is 15.5. The molecule has 7 nitrogen and oxygen atoms in total. The van der Waals surface area contributed by atoms with E-state index < -0.39 is 10.0 Å². The number of hydrogen-bond acceptors (Lipinski definition) is 6. The second-order valence-electron chi connectivity index (χ2n) is 6.80. The minimum absolute atomic E-state index is 0.0263. The highest BCUT2D eigenvalue weighted by Crippen LogP contribution is 2.48. The van der Waals surface area contributed by atoms with Gasteiger partial charge in [0.05, 0.1) is 25.5 Å². The molecular weight excluding hydrogens is 354 g/mol. The molecule has 3 heterocycles. The Balaban J connectivity index is 1.60. The highest BCUT2D eigenvalue weighted by Gasteiger charge is 2.49. The van der Waals surface area contributed by atoms with Gasteiger partial charge in [0.2, 0.25) is 15.9 Å². The summed E-state index contributed by atoms with van der Waals surface area (Å²) in [5.41, 5.74) is 0.926. The van der Waals surface area contributed by atoms with Crippen molar-refractivity contribution in [3.63, 3.8) is 0 Å². The van der Waals surface area contributed by atoms with Crippen LogP contribution in [0.15, 0.2) is 36.5 Å². The molecule has 1 aromatic carbocycles. The largest absolute Gasteiger partial charge is 0.493 e. The summed E-state index contributed by atoms with van der Waals surface area (Å²) in [6, 6.07) is 9.15. The van der Waals surface area contributed by atoms with Crippen molar-refractivity contribution < 1.29 is 17.9 Å². The van der Waals surface area contributed by atoms with Gasteiger partial charge in [-0.15, -0.1) is 0 Å². The van der Waals surface area contributed by atoms with Gasteiger partial charge in [-0.25, -0.2) is 13.4 Å². The first-order valence-electron chi connectivity index (χ1n) is 8.54. The fourth-order valence-corrected chi connectivity index (χ4v) is 4.98. The first kappa shape index (κ1) is 17.2. The molecular formula is C18H21N3O4S. The third-order valence-electron chi connectivity index (χ3n) is 5.03. The molecule has 2 aliphatic heterocycles. The highest BCUT2D eigenvalue weighted by atomic mass is 32.2. The number of hydrogen-bond donors (Lipinski definition) is 0. The number of ether oxygens (including phenoxy) is 2. The monoisotopic (exact) mass is 375 g/mol. The molecule has 0 aliphatic carbocycles. The van der Waals surface area contributed by atoms with Gasteiger partial charge in [0.15, 0.2) is 0 Å². The summed E-state index contributed by atoms with van der Waals surface area (Å²) in [5, 5.41) is 0. The van der Waals surface area contributed by atoms with Crippen molar-refractivity contribution in [3.05, 3.63) is 47.9 Å². The summed E-state index contributed by atoms with van der Waals surface area (Å²) < 4.78 is 38.1. The Morgan fingerprint density at radius 3 is 2.88 bits per heavy atom. The smallest absolute Gasteiger partial charge is 0.216 e. The first-order valence-corrected chi connectivity index (χ1v) is 10.4. The summed E-state index contributed by atoms with van der Waals surface area (Å²) in [6.45, 7) is 3.07. The third kappa shape index (κ3) is 3.14. The van der Waals surface area contributed by atoms with Gasteiger partial charge < -0.3 is 9.47 Å². The molecule has 0 spiro atoms. The van der Waals surface area contributed by atoms with Crippen LogP contribution in [-0.4, -0.2) is 48.7 Å². The fourth-order valence-electron chi connectivity index (χ4n) is 3.83. The van der Waals surface area contributed by atoms with Crippen molar-refractivity contribution in [3.8, 4) is 11.6 Å². The maximum absolute atomic E-state index is 12.4. The molecule has 26 heavy (non-hydrogen) atoms. The zero-order valence-electron chi connectivity index (χ0n) is 14.7. The normalized spacial score (nSPS) is 25.2. The van der Waals surface area contributed by atoms with E-state index in [1.165, 1.54) is 6.26 Å². The molecule has 138 valence electrons. The summed E-state index contributed by atoms with van der Waals surface area (Å²) in [5.74, 6) is 1.97. The van der Waals surface area contributed by atoms with Crippen molar-refractivity contribution >= 4 is 10.0 Å². The zero-order chi connectivity index (χ0) is 18.3. The Hall–Kier alpha value is -2.19. The molecule has 3 atom stereocenters. The number of rotatable bonds is 4. The SMILES string of the molecule is Cc1nccc(OC[C@@H]2CN(S(C)(=O)=O)[C@H]3c4ccccc4OC[C@@H]23)n1. The maximum Gasteiger partial charge on any atom is 0.216 e. The van der Waals surface area contributed by atoms with E-state index in [4.69, 9.17) is 9.47 Å². The second-order valence-corrected chi connectivity index (χ2v) is 8.74. The summed E-state index contributed by atoms with van der Waals surface area (Å²) >= 11 is 0. The Bertz CT molecular complexity index is 918. The second kappa shape index (κ2) is 6.51. The molecule has 2 aliphatic rings. The lowest BCUT2D eigenvalue weighted by atomic mass is 9.86. The van der Waals surface area contributed by atoms with Crippen molar-refractivity contribution in [1.29, 1.82) is 0 Å². The quantitative estimate of drug-likeness (QED) is 0.811. The minimum atomic E-state index is -3.34. The van der Waals surface area contributed by atoms with Crippen LogP contribution in [0.3, 0.4) is 0 Å². The lowest BCUT2D eigenvalue weighted by Crippen LogP contribution is -2.34. The van der Waals surface area contributed by atoms with Crippen molar-refractivity contribution in [2.24, 2.45) is 11.8 Å². The number of fused-ring (bicyclic) bond motifs is 3. The number of nitrogens with zero attached hydrogens (tertiary/aromatic N) is 3. The van der Waals surface area contributed by atoms with E-state index in [-0.39, 0.29) is 17.9 Å². The van der Waals surface area contributed by atoms with Gasteiger partial charge in [-0.2, -0.15) is 9.29 Å². The molecule has 1 saturated heterocycles. The van der Waals surface area contributed by atoms with Crippen LogP contribution in [0.25, 0.3) is 0 Å². The number of para-hydroxylation sites is 1. The van der Waals surface area contributed by atoms with Gasteiger partial charge >= 0.3 is 0 Å². The Morgan fingerprint density at radius 1 is 1.31 bits per heavy atom. The van der Waals surface area contributed by atoms with Crippen LogP contribution in [0.5, 0.6) is 11.6 Å². The van der Waals surface area contributed by atoms with E-state index >= 15 is 0 Å². The molecule has 4 rings (SSSR count). The standard InChI is InChI=1S/C18H21N3O4S/c1-12-19-8-7-17(20-12)25-10-13-9-21(26(2,22)23)18-14-5-3-4-6-16(14)24-11-15(13)18/h3-8,13,15,18H,9-11H2,1-2H3/t13-,15-,18-/m0/s1. The molecule has 8 heteroatoms. The molecule has 1 aromatic heterocycles. The first-order chi connectivity index (χ1) is 12.4. The number of aromatic nitrogens is 2. The minimum Gasteiger partial charge on any atom is -0.493 e. The number of aryl methyl sites for hydroxylation is 1. The number of sulfonamides is 1. The van der Waals surface area contributed by atoms with Gasteiger partial charge in [0.25, 0.3) is 0 Å².